The van der Waals surface area contributed by atoms with Gasteiger partial charge in [0.1, 0.15) is 12.1 Å². The summed E-state index contributed by atoms with van der Waals surface area (Å²) in [5, 5.41) is 12.7. The number of halogens is 1. The Hall–Kier alpha value is -4.43. The van der Waals surface area contributed by atoms with E-state index in [1.54, 1.807) is 18.5 Å². The van der Waals surface area contributed by atoms with Crippen molar-refractivity contribution in [1.82, 2.24) is 14.5 Å². The molecule has 2 aromatic heterocycles. The fourth-order valence-electron chi connectivity index (χ4n) is 5.01. The predicted molar refractivity (Wildman–Crippen MR) is 152 cm³/mol. The van der Waals surface area contributed by atoms with E-state index in [0.717, 1.165) is 71.1 Å². The fraction of sp³-hybridized carbons (Fsp3) is 0.172. The Morgan fingerprint density at radius 2 is 1.55 bits per heavy atom. The molecule has 3 heterocycles. The van der Waals surface area contributed by atoms with E-state index in [1.807, 2.05) is 49.4 Å². The van der Waals surface area contributed by atoms with Crippen molar-refractivity contribution in [2.45, 2.75) is 6.92 Å². The number of nitrogens with zero attached hydrogens (tertiary/aromatic N) is 6. The molecule has 1 aliphatic rings. The van der Waals surface area contributed by atoms with E-state index in [9.17, 15) is 10.1 Å². The van der Waals surface area contributed by atoms with Gasteiger partial charge in [-0.25, -0.2) is 9.97 Å². The zero-order chi connectivity index (χ0) is 26.2. The lowest BCUT2D eigenvalue weighted by Gasteiger charge is -2.37. The van der Waals surface area contributed by atoms with Crippen LogP contribution >= 0.6 is 11.6 Å². The van der Waals surface area contributed by atoms with Crippen LogP contribution in [0.3, 0.4) is 0 Å². The number of hydrogen-bond acceptors (Lipinski definition) is 6. The number of piperazine rings is 1. The van der Waals surface area contributed by atoms with Crippen LogP contribution in [-0.4, -0.2) is 45.6 Å². The molecule has 0 saturated carbocycles. The molecule has 190 valence electrons. The van der Waals surface area contributed by atoms with Crippen LogP contribution in [-0.2, 0) is 0 Å². The molecular formula is C29H25ClN6O2. The number of fused-ring (bicyclic) bond motifs is 1. The minimum atomic E-state index is -0.372. The molecule has 0 atom stereocenters. The second-order valence-corrected chi connectivity index (χ2v) is 9.76. The monoisotopic (exact) mass is 524 g/mol. The minimum Gasteiger partial charge on any atom is -0.368 e. The van der Waals surface area contributed by atoms with Gasteiger partial charge in [-0.2, -0.15) is 0 Å². The molecule has 0 bridgehead atoms. The molecule has 38 heavy (non-hydrogen) atoms. The van der Waals surface area contributed by atoms with Crippen molar-refractivity contribution in [3.05, 3.63) is 106 Å². The average Bonchev–Trinajstić information content (AvgIpc) is 3.35. The Labute approximate surface area is 224 Å². The van der Waals surface area contributed by atoms with Gasteiger partial charge in [0.2, 0.25) is 0 Å². The summed E-state index contributed by atoms with van der Waals surface area (Å²) in [5.41, 5.74) is 6.03. The number of benzene rings is 3. The fourth-order valence-corrected chi connectivity index (χ4v) is 5.19. The summed E-state index contributed by atoms with van der Waals surface area (Å²) in [5.74, 6) is 0.897. The number of anilines is 2. The number of nitro benzene ring substituents is 1. The highest BCUT2D eigenvalue weighted by atomic mass is 35.5. The number of aryl methyl sites for hydroxylation is 1. The van der Waals surface area contributed by atoms with Gasteiger partial charge in [0.05, 0.1) is 10.3 Å². The van der Waals surface area contributed by atoms with Crippen LogP contribution < -0.4 is 9.80 Å². The van der Waals surface area contributed by atoms with Crippen molar-refractivity contribution in [3.8, 4) is 16.8 Å². The van der Waals surface area contributed by atoms with Crippen LogP contribution in [0.4, 0.5) is 17.2 Å². The van der Waals surface area contributed by atoms with Crippen LogP contribution in [0.5, 0.6) is 0 Å². The topological polar surface area (TPSA) is 80.3 Å². The van der Waals surface area contributed by atoms with Gasteiger partial charge in [-0.15, -0.1) is 0 Å². The number of nitro groups is 1. The Kier molecular flexibility index (Phi) is 6.17. The first-order valence-electron chi connectivity index (χ1n) is 12.4. The molecule has 0 amide bonds. The van der Waals surface area contributed by atoms with Crippen LogP contribution in [0, 0.1) is 17.0 Å². The highest BCUT2D eigenvalue weighted by Crippen LogP contribution is 2.37. The smallest absolute Gasteiger partial charge is 0.269 e. The molecule has 0 radical (unpaired) electrons. The molecule has 0 N–H and O–H groups in total. The van der Waals surface area contributed by atoms with Crippen LogP contribution in [0.2, 0.25) is 5.02 Å². The average molecular weight is 525 g/mol. The van der Waals surface area contributed by atoms with Gasteiger partial charge in [0, 0.05) is 66.5 Å². The molecule has 0 unspecified atom stereocenters. The van der Waals surface area contributed by atoms with E-state index in [-0.39, 0.29) is 10.6 Å². The molecule has 8 nitrogen and oxygen atoms in total. The highest BCUT2D eigenvalue weighted by molar-refractivity contribution is 6.31. The Morgan fingerprint density at radius 1 is 0.868 bits per heavy atom. The normalized spacial score (nSPS) is 13.7. The quantitative estimate of drug-likeness (QED) is 0.199. The van der Waals surface area contributed by atoms with E-state index < -0.39 is 0 Å². The van der Waals surface area contributed by atoms with Crippen molar-refractivity contribution in [2.24, 2.45) is 0 Å². The summed E-state index contributed by atoms with van der Waals surface area (Å²) in [6, 6.07) is 23.1. The molecule has 1 saturated heterocycles. The molecule has 3 aromatic carbocycles. The molecule has 9 heteroatoms. The second-order valence-electron chi connectivity index (χ2n) is 9.36. The van der Waals surface area contributed by atoms with Gasteiger partial charge >= 0.3 is 0 Å². The first-order valence-corrected chi connectivity index (χ1v) is 12.8. The molecule has 1 aliphatic heterocycles. The Balaban J connectivity index is 1.38. The van der Waals surface area contributed by atoms with Crippen molar-refractivity contribution in [1.29, 1.82) is 0 Å². The zero-order valence-electron chi connectivity index (χ0n) is 20.8. The van der Waals surface area contributed by atoms with E-state index in [4.69, 9.17) is 21.6 Å². The Bertz CT molecular complexity index is 1630. The van der Waals surface area contributed by atoms with Gasteiger partial charge in [0.15, 0.2) is 5.65 Å². The van der Waals surface area contributed by atoms with Gasteiger partial charge in [-0.3, -0.25) is 10.1 Å². The van der Waals surface area contributed by atoms with E-state index in [2.05, 4.69) is 38.8 Å². The summed E-state index contributed by atoms with van der Waals surface area (Å²) in [7, 11) is 0. The second kappa shape index (κ2) is 9.79. The number of aromatic nitrogens is 3. The van der Waals surface area contributed by atoms with Gasteiger partial charge in [-0.1, -0.05) is 48.0 Å². The van der Waals surface area contributed by atoms with Gasteiger partial charge < -0.3 is 14.4 Å². The van der Waals surface area contributed by atoms with Crippen molar-refractivity contribution in [3.63, 3.8) is 0 Å². The first-order chi connectivity index (χ1) is 18.5. The third-order valence-corrected chi connectivity index (χ3v) is 7.49. The number of non-ortho nitro benzene ring substituents is 1. The molecule has 5 aromatic rings. The summed E-state index contributed by atoms with van der Waals surface area (Å²) < 4.78 is 2.08. The molecule has 0 aliphatic carbocycles. The summed E-state index contributed by atoms with van der Waals surface area (Å²) in [6.45, 7) is 5.07. The molecule has 0 spiro atoms. The first kappa shape index (κ1) is 23.9. The lowest BCUT2D eigenvalue weighted by Crippen LogP contribution is -2.46. The van der Waals surface area contributed by atoms with Crippen molar-refractivity contribution < 1.29 is 4.92 Å². The maximum Gasteiger partial charge on any atom is 0.269 e. The van der Waals surface area contributed by atoms with Crippen LogP contribution in [0.15, 0.2) is 85.3 Å². The van der Waals surface area contributed by atoms with Gasteiger partial charge in [0.25, 0.3) is 5.69 Å². The molecule has 1 fully saturated rings. The lowest BCUT2D eigenvalue weighted by atomic mass is 10.1. The maximum absolute atomic E-state index is 11.0. The van der Waals surface area contributed by atoms with Crippen molar-refractivity contribution in [2.75, 3.05) is 36.0 Å². The van der Waals surface area contributed by atoms with E-state index in [1.165, 1.54) is 0 Å². The van der Waals surface area contributed by atoms with Crippen LogP contribution in [0.1, 0.15) is 5.56 Å². The predicted octanol–water partition coefficient (Wildman–Crippen LogP) is 6.28. The van der Waals surface area contributed by atoms with Crippen LogP contribution in [0.25, 0.3) is 27.8 Å². The van der Waals surface area contributed by atoms with Gasteiger partial charge in [-0.05, 0) is 42.3 Å². The summed E-state index contributed by atoms with van der Waals surface area (Å²) in [4.78, 5) is 24.7. The summed E-state index contributed by atoms with van der Waals surface area (Å²) >= 11 is 6.49. The van der Waals surface area contributed by atoms with E-state index >= 15 is 0 Å². The van der Waals surface area contributed by atoms with E-state index in [0.29, 0.717) is 5.02 Å². The third-order valence-electron chi connectivity index (χ3n) is 7.09. The lowest BCUT2D eigenvalue weighted by molar-refractivity contribution is -0.384. The standard InChI is InChI=1S/C29H25ClN6O2/c1-20-7-8-24(17-26(20)30)35-18-25(21-5-3-2-4-6-21)27-28(31-19-32-29(27)35)34-15-13-33(14-16-34)22-9-11-23(12-10-22)36(37)38/h2-12,17-19H,13-16H2,1H3. The third kappa shape index (κ3) is 4.33. The zero-order valence-corrected chi connectivity index (χ0v) is 21.5. The highest BCUT2D eigenvalue weighted by Gasteiger charge is 2.24. The molecule has 6 rings (SSSR count). The number of rotatable bonds is 5. The largest absolute Gasteiger partial charge is 0.368 e. The van der Waals surface area contributed by atoms with Crippen molar-refractivity contribution >= 4 is 39.8 Å². The maximum atomic E-state index is 11.0. The molecular weight excluding hydrogens is 500 g/mol. The Morgan fingerprint density at radius 3 is 2.24 bits per heavy atom. The summed E-state index contributed by atoms with van der Waals surface area (Å²) in [6.07, 6.45) is 3.74. The SMILES string of the molecule is Cc1ccc(-n2cc(-c3ccccc3)c3c(N4CCN(c5ccc([N+](=O)[O-])cc5)CC4)ncnc32)cc1Cl. The number of hydrogen-bond donors (Lipinski definition) is 0. The minimum absolute atomic E-state index is 0.101.